The van der Waals surface area contributed by atoms with Crippen LogP contribution in [0.25, 0.3) is 0 Å². The van der Waals surface area contributed by atoms with Crippen molar-refractivity contribution in [3.8, 4) is 11.8 Å². The highest BCUT2D eigenvalue weighted by molar-refractivity contribution is 9.10. The van der Waals surface area contributed by atoms with Gasteiger partial charge in [-0.25, -0.2) is 0 Å². The number of hydrogen-bond acceptors (Lipinski definition) is 2. The topological polar surface area (TPSA) is 24.9 Å². The van der Waals surface area contributed by atoms with Gasteiger partial charge in [0, 0.05) is 17.1 Å². The molecule has 80 valence electrons. The van der Waals surface area contributed by atoms with Crippen LogP contribution in [0.15, 0.2) is 22.8 Å². The van der Waals surface area contributed by atoms with Crippen molar-refractivity contribution >= 4 is 15.9 Å². The summed E-state index contributed by atoms with van der Waals surface area (Å²) in [5, 5.41) is 3.37. The number of pyridine rings is 1. The Bertz CT molecular complexity index is 348. The van der Waals surface area contributed by atoms with Crippen molar-refractivity contribution in [1.82, 2.24) is 10.3 Å². The van der Waals surface area contributed by atoms with E-state index in [1.807, 2.05) is 25.3 Å². The van der Waals surface area contributed by atoms with E-state index in [4.69, 9.17) is 0 Å². The molecule has 0 aromatic carbocycles. The second-order valence-corrected chi connectivity index (χ2v) is 4.06. The molecule has 0 radical (unpaired) electrons. The summed E-state index contributed by atoms with van der Waals surface area (Å²) in [5.74, 6) is 5.99. The standard InChI is InChI=1S/C12H15BrN2/c1-3-5-6-11(14-4-2)12-8-7-10(13)9-15-12/h7-9,11,14H,4,6H2,1-2H3. The lowest BCUT2D eigenvalue weighted by atomic mass is 10.1. The summed E-state index contributed by atoms with van der Waals surface area (Å²) >= 11 is 3.38. The fourth-order valence-corrected chi connectivity index (χ4v) is 1.56. The van der Waals surface area contributed by atoms with Gasteiger partial charge in [0.25, 0.3) is 0 Å². The van der Waals surface area contributed by atoms with Crippen molar-refractivity contribution in [3.05, 3.63) is 28.5 Å². The van der Waals surface area contributed by atoms with Gasteiger partial charge in [-0.15, -0.1) is 11.8 Å². The average molecular weight is 267 g/mol. The summed E-state index contributed by atoms with van der Waals surface area (Å²) < 4.78 is 1.00. The molecular weight excluding hydrogens is 252 g/mol. The number of halogens is 1. The first kappa shape index (κ1) is 12.2. The highest BCUT2D eigenvalue weighted by atomic mass is 79.9. The number of nitrogens with one attached hydrogen (secondary N) is 1. The lowest BCUT2D eigenvalue weighted by Crippen LogP contribution is -2.21. The fraction of sp³-hybridized carbons (Fsp3) is 0.417. The first-order chi connectivity index (χ1) is 7.27. The summed E-state index contributed by atoms with van der Waals surface area (Å²) in [7, 11) is 0. The summed E-state index contributed by atoms with van der Waals surface area (Å²) in [5.41, 5.74) is 1.04. The molecule has 1 heterocycles. The number of rotatable bonds is 4. The second kappa shape index (κ2) is 6.60. The molecular formula is C12H15BrN2. The van der Waals surface area contributed by atoms with Crippen molar-refractivity contribution in [2.75, 3.05) is 6.54 Å². The van der Waals surface area contributed by atoms with Crippen LogP contribution < -0.4 is 5.32 Å². The van der Waals surface area contributed by atoms with Crippen molar-refractivity contribution in [1.29, 1.82) is 0 Å². The maximum absolute atomic E-state index is 4.37. The van der Waals surface area contributed by atoms with Gasteiger partial charge in [-0.1, -0.05) is 6.92 Å². The van der Waals surface area contributed by atoms with Crippen LogP contribution in [0.3, 0.4) is 0 Å². The Labute approximate surface area is 99.6 Å². The molecule has 0 spiro atoms. The SMILES string of the molecule is CC#CCC(NCC)c1ccc(Br)cn1. The van der Waals surface area contributed by atoms with Crippen LogP contribution in [0.1, 0.15) is 32.0 Å². The van der Waals surface area contributed by atoms with E-state index in [1.54, 1.807) is 0 Å². The predicted molar refractivity (Wildman–Crippen MR) is 66.4 cm³/mol. The molecule has 1 N–H and O–H groups in total. The van der Waals surface area contributed by atoms with E-state index in [0.717, 1.165) is 23.1 Å². The number of nitrogens with zero attached hydrogens (tertiary/aromatic N) is 1. The van der Waals surface area contributed by atoms with E-state index in [0.29, 0.717) is 0 Å². The zero-order valence-corrected chi connectivity index (χ0v) is 10.6. The molecule has 0 aliphatic heterocycles. The van der Waals surface area contributed by atoms with Gasteiger partial charge in [0.05, 0.1) is 11.7 Å². The highest BCUT2D eigenvalue weighted by Gasteiger charge is 2.09. The molecule has 1 atom stereocenters. The van der Waals surface area contributed by atoms with Crippen LogP contribution >= 0.6 is 15.9 Å². The van der Waals surface area contributed by atoms with Gasteiger partial charge in [-0.3, -0.25) is 4.98 Å². The molecule has 15 heavy (non-hydrogen) atoms. The van der Waals surface area contributed by atoms with Gasteiger partial charge in [0.15, 0.2) is 0 Å². The number of aromatic nitrogens is 1. The van der Waals surface area contributed by atoms with Gasteiger partial charge in [0.2, 0.25) is 0 Å². The monoisotopic (exact) mass is 266 g/mol. The Morgan fingerprint density at radius 3 is 2.87 bits per heavy atom. The Balaban J connectivity index is 2.76. The minimum atomic E-state index is 0.232. The molecule has 1 rings (SSSR count). The third kappa shape index (κ3) is 4.03. The molecule has 1 unspecified atom stereocenters. The van der Waals surface area contributed by atoms with Gasteiger partial charge in [0.1, 0.15) is 0 Å². The maximum Gasteiger partial charge on any atom is 0.0605 e. The van der Waals surface area contributed by atoms with E-state index in [9.17, 15) is 0 Å². The second-order valence-electron chi connectivity index (χ2n) is 3.14. The summed E-state index contributed by atoms with van der Waals surface area (Å²) in [6.07, 6.45) is 2.62. The minimum absolute atomic E-state index is 0.232. The molecule has 1 aromatic rings. The van der Waals surface area contributed by atoms with E-state index in [1.165, 1.54) is 0 Å². The molecule has 1 aromatic heterocycles. The van der Waals surface area contributed by atoms with E-state index >= 15 is 0 Å². The van der Waals surface area contributed by atoms with Crippen molar-refractivity contribution in [3.63, 3.8) is 0 Å². The summed E-state index contributed by atoms with van der Waals surface area (Å²) in [4.78, 5) is 4.37. The van der Waals surface area contributed by atoms with Crippen molar-refractivity contribution in [2.45, 2.75) is 26.3 Å². The average Bonchev–Trinajstić information content (AvgIpc) is 2.25. The molecule has 0 saturated heterocycles. The largest absolute Gasteiger partial charge is 0.308 e. The van der Waals surface area contributed by atoms with Crippen LogP contribution in [0.2, 0.25) is 0 Å². The summed E-state index contributed by atoms with van der Waals surface area (Å²) in [6, 6.07) is 4.26. The first-order valence-electron chi connectivity index (χ1n) is 5.02. The van der Waals surface area contributed by atoms with E-state index in [-0.39, 0.29) is 6.04 Å². The molecule has 0 saturated carbocycles. The fourth-order valence-electron chi connectivity index (χ4n) is 1.33. The van der Waals surface area contributed by atoms with Crippen LogP contribution in [0.5, 0.6) is 0 Å². The Morgan fingerprint density at radius 2 is 2.33 bits per heavy atom. The van der Waals surface area contributed by atoms with Gasteiger partial charge in [-0.2, -0.15) is 0 Å². The van der Waals surface area contributed by atoms with Crippen LogP contribution in [-0.2, 0) is 0 Å². The zero-order valence-electron chi connectivity index (χ0n) is 9.05. The highest BCUT2D eigenvalue weighted by Crippen LogP contribution is 2.16. The van der Waals surface area contributed by atoms with Crippen LogP contribution in [0.4, 0.5) is 0 Å². The Hall–Kier alpha value is -0.850. The van der Waals surface area contributed by atoms with Gasteiger partial charge < -0.3 is 5.32 Å². The molecule has 0 aliphatic rings. The molecule has 0 aliphatic carbocycles. The Morgan fingerprint density at radius 1 is 1.53 bits per heavy atom. The van der Waals surface area contributed by atoms with Gasteiger partial charge >= 0.3 is 0 Å². The Kier molecular flexibility index (Phi) is 5.38. The molecule has 2 nitrogen and oxygen atoms in total. The molecule has 3 heteroatoms. The third-order valence-electron chi connectivity index (χ3n) is 2.04. The van der Waals surface area contributed by atoms with Gasteiger partial charge in [-0.05, 0) is 41.5 Å². The molecule has 0 amide bonds. The molecule has 0 fully saturated rings. The first-order valence-corrected chi connectivity index (χ1v) is 5.81. The normalized spacial score (nSPS) is 11.7. The summed E-state index contributed by atoms with van der Waals surface area (Å²) in [6.45, 7) is 4.87. The zero-order chi connectivity index (χ0) is 11.1. The third-order valence-corrected chi connectivity index (χ3v) is 2.51. The smallest absolute Gasteiger partial charge is 0.0605 e. The minimum Gasteiger partial charge on any atom is -0.308 e. The lowest BCUT2D eigenvalue weighted by Gasteiger charge is -2.14. The van der Waals surface area contributed by atoms with E-state index < -0.39 is 0 Å². The quantitative estimate of drug-likeness (QED) is 0.848. The number of hydrogen-bond donors (Lipinski definition) is 1. The van der Waals surface area contributed by atoms with Crippen LogP contribution in [0, 0.1) is 11.8 Å². The van der Waals surface area contributed by atoms with Crippen LogP contribution in [-0.4, -0.2) is 11.5 Å². The maximum atomic E-state index is 4.37. The van der Waals surface area contributed by atoms with E-state index in [2.05, 4.69) is 45.0 Å². The van der Waals surface area contributed by atoms with Crippen molar-refractivity contribution in [2.24, 2.45) is 0 Å². The van der Waals surface area contributed by atoms with Crippen molar-refractivity contribution < 1.29 is 0 Å². The lowest BCUT2D eigenvalue weighted by molar-refractivity contribution is 0.551. The predicted octanol–water partition coefficient (Wildman–Crippen LogP) is 2.91. The molecule has 0 bridgehead atoms.